The number of para-hydroxylation sites is 2. The lowest BCUT2D eigenvalue weighted by Gasteiger charge is -2.17. The Bertz CT molecular complexity index is 973. The van der Waals surface area contributed by atoms with Crippen molar-refractivity contribution in [3.8, 4) is 0 Å². The molecule has 0 spiro atoms. The molecule has 7 heteroatoms. The van der Waals surface area contributed by atoms with Gasteiger partial charge in [0.15, 0.2) is 0 Å². The molecule has 0 radical (unpaired) electrons. The van der Waals surface area contributed by atoms with E-state index in [2.05, 4.69) is 10.3 Å². The van der Waals surface area contributed by atoms with Crippen molar-refractivity contribution < 1.29 is 18.4 Å². The van der Waals surface area contributed by atoms with E-state index in [4.69, 9.17) is 0 Å². The molecule has 1 heterocycles. The van der Waals surface area contributed by atoms with Gasteiger partial charge in [0.2, 0.25) is 0 Å². The number of carbonyl (C=O) groups is 2. The number of hydrogen-bond donors (Lipinski definition) is 1. The molecule has 0 aliphatic heterocycles. The summed E-state index contributed by atoms with van der Waals surface area (Å²) in [5.41, 5.74) is 0.291. The second kappa shape index (κ2) is 7.74. The highest BCUT2D eigenvalue weighted by Crippen LogP contribution is 2.20. The highest BCUT2D eigenvalue weighted by atomic mass is 19.1. The molecule has 1 aromatic heterocycles. The Morgan fingerprint density at radius 1 is 0.926 bits per heavy atom. The minimum atomic E-state index is -0.896. The Kier molecular flexibility index (Phi) is 5.21. The van der Waals surface area contributed by atoms with Gasteiger partial charge in [-0.2, -0.15) is 0 Å². The van der Waals surface area contributed by atoms with Crippen LogP contribution in [0.3, 0.4) is 0 Å². The van der Waals surface area contributed by atoms with E-state index in [1.165, 1.54) is 29.4 Å². The van der Waals surface area contributed by atoms with Gasteiger partial charge in [0, 0.05) is 25.1 Å². The number of anilines is 2. The van der Waals surface area contributed by atoms with Crippen LogP contribution in [0, 0.1) is 11.6 Å². The van der Waals surface area contributed by atoms with E-state index in [0.717, 1.165) is 12.1 Å². The molecule has 27 heavy (non-hydrogen) atoms. The van der Waals surface area contributed by atoms with Crippen LogP contribution < -0.4 is 10.2 Å². The minimum absolute atomic E-state index is 0.00460. The van der Waals surface area contributed by atoms with Crippen molar-refractivity contribution in [3.63, 3.8) is 0 Å². The van der Waals surface area contributed by atoms with Crippen LogP contribution in [0.4, 0.5) is 20.2 Å². The largest absolute Gasteiger partial charge is 0.317 e. The van der Waals surface area contributed by atoms with E-state index in [1.54, 1.807) is 31.3 Å². The van der Waals surface area contributed by atoms with Gasteiger partial charge < -0.3 is 10.2 Å². The van der Waals surface area contributed by atoms with Crippen LogP contribution in [0.2, 0.25) is 0 Å². The van der Waals surface area contributed by atoms with Crippen molar-refractivity contribution in [2.75, 3.05) is 17.3 Å². The van der Waals surface area contributed by atoms with Crippen molar-refractivity contribution in [3.05, 3.63) is 89.8 Å². The molecule has 136 valence electrons. The molecule has 0 aliphatic rings. The minimum Gasteiger partial charge on any atom is -0.317 e. The van der Waals surface area contributed by atoms with Crippen LogP contribution in [0.5, 0.6) is 0 Å². The first-order chi connectivity index (χ1) is 13.0. The maximum absolute atomic E-state index is 13.7. The Hall–Kier alpha value is -3.61. The van der Waals surface area contributed by atoms with Gasteiger partial charge >= 0.3 is 0 Å². The van der Waals surface area contributed by atoms with Gasteiger partial charge in [-0.1, -0.05) is 24.3 Å². The van der Waals surface area contributed by atoms with Gasteiger partial charge in [0.25, 0.3) is 11.8 Å². The zero-order chi connectivity index (χ0) is 19.4. The molecule has 3 rings (SSSR count). The standard InChI is InChI=1S/C20H15F2N3O2/c1-25(15-6-3-2-4-7-15)20(27)14-10-13(11-23-12-14)19(26)24-18-16(21)8-5-9-17(18)22/h2-12H,1H3,(H,24,26). The second-order valence-electron chi connectivity index (χ2n) is 5.71. The molecule has 1 N–H and O–H groups in total. The Balaban J connectivity index is 1.83. The van der Waals surface area contributed by atoms with Crippen molar-refractivity contribution in [1.29, 1.82) is 0 Å². The van der Waals surface area contributed by atoms with Crippen LogP contribution >= 0.6 is 0 Å². The predicted molar refractivity (Wildman–Crippen MR) is 97.7 cm³/mol. The summed E-state index contributed by atoms with van der Waals surface area (Å²) >= 11 is 0. The summed E-state index contributed by atoms with van der Waals surface area (Å²) in [5, 5.41) is 2.17. The fraction of sp³-hybridized carbons (Fsp3) is 0.0500. The number of pyridine rings is 1. The lowest BCUT2D eigenvalue weighted by Crippen LogP contribution is -2.26. The monoisotopic (exact) mass is 367 g/mol. The van der Waals surface area contributed by atoms with Crippen LogP contribution in [0.15, 0.2) is 67.0 Å². The molecule has 0 unspecified atom stereocenters. The Morgan fingerprint density at radius 2 is 1.56 bits per heavy atom. The molecule has 2 amide bonds. The fourth-order valence-electron chi connectivity index (χ4n) is 2.45. The molecule has 0 aliphatic carbocycles. The summed E-state index contributed by atoms with van der Waals surface area (Å²) in [6.07, 6.45) is 2.54. The number of carbonyl (C=O) groups excluding carboxylic acids is 2. The van der Waals surface area contributed by atoms with Gasteiger partial charge in [-0.25, -0.2) is 8.78 Å². The third kappa shape index (κ3) is 3.98. The van der Waals surface area contributed by atoms with Crippen molar-refractivity contribution >= 4 is 23.2 Å². The van der Waals surface area contributed by atoms with Gasteiger partial charge in [0.05, 0.1) is 11.1 Å². The smallest absolute Gasteiger partial charge is 0.259 e. The van der Waals surface area contributed by atoms with E-state index in [0.29, 0.717) is 5.69 Å². The van der Waals surface area contributed by atoms with E-state index in [9.17, 15) is 18.4 Å². The van der Waals surface area contributed by atoms with E-state index in [1.807, 2.05) is 6.07 Å². The third-order valence-electron chi connectivity index (χ3n) is 3.90. The molecule has 3 aromatic rings. The zero-order valence-corrected chi connectivity index (χ0v) is 14.3. The summed E-state index contributed by atoms with van der Waals surface area (Å²) in [7, 11) is 1.60. The van der Waals surface area contributed by atoms with E-state index < -0.39 is 23.2 Å². The van der Waals surface area contributed by atoms with Gasteiger partial charge in [-0.3, -0.25) is 14.6 Å². The van der Waals surface area contributed by atoms with Gasteiger partial charge in [-0.15, -0.1) is 0 Å². The molecule has 0 bridgehead atoms. The maximum atomic E-state index is 13.7. The Morgan fingerprint density at radius 3 is 2.22 bits per heavy atom. The SMILES string of the molecule is CN(C(=O)c1cncc(C(=O)Nc2c(F)cccc2F)c1)c1ccccc1. The summed E-state index contributed by atoms with van der Waals surface area (Å²) in [5.74, 6) is -2.94. The van der Waals surface area contributed by atoms with Crippen LogP contribution in [0.25, 0.3) is 0 Å². The summed E-state index contributed by atoms with van der Waals surface area (Å²) < 4.78 is 27.4. The molecular formula is C20H15F2N3O2. The first kappa shape index (κ1) is 18.2. The first-order valence-electron chi connectivity index (χ1n) is 8.01. The number of nitrogens with zero attached hydrogens (tertiary/aromatic N) is 2. The number of rotatable bonds is 4. The van der Waals surface area contributed by atoms with Crippen LogP contribution in [0.1, 0.15) is 20.7 Å². The highest BCUT2D eigenvalue weighted by Gasteiger charge is 2.18. The van der Waals surface area contributed by atoms with E-state index >= 15 is 0 Å². The van der Waals surface area contributed by atoms with Gasteiger partial charge in [0.1, 0.15) is 17.3 Å². The second-order valence-corrected chi connectivity index (χ2v) is 5.71. The lowest BCUT2D eigenvalue weighted by atomic mass is 10.1. The summed E-state index contributed by atoms with van der Waals surface area (Å²) in [6.45, 7) is 0. The average Bonchev–Trinajstić information content (AvgIpc) is 2.70. The van der Waals surface area contributed by atoms with Crippen LogP contribution in [-0.2, 0) is 0 Å². The summed E-state index contributed by atoms with van der Waals surface area (Å²) in [4.78, 5) is 30.2. The number of nitrogens with one attached hydrogen (secondary N) is 1. The average molecular weight is 367 g/mol. The Labute approximate surface area is 154 Å². The number of halogens is 2. The number of benzene rings is 2. The fourth-order valence-corrected chi connectivity index (χ4v) is 2.45. The van der Waals surface area contributed by atoms with Crippen molar-refractivity contribution in [1.82, 2.24) is 4.98 Å². The normalized spacial score (nSPS) is 10.3. The van der Waals surface area contributed by atoms with Crippen LogP contribution in [-0.4, -0.2) is 23.8 Å². The van der Waals surface area contributed by atoms with Crippen molar-refractivity contribution in [2.45, 2.75) is 0 Å². The molecular weight excluding hydrogens is 352 g/mol. The number of aromatic nitrogens is 1. The third-order valence-corrected chi connectivity index (χ3v) is 3.90. The first-order valence-corrected chi connectivity index (χ1v) is 8.01. The highest BCUT2D eigenvalue weighted by molar-refractivity contribution is 6.09. The molecule has 5 nitrogen and oxygen atoms in total. The number of hydrogen-bond acceptors (Lipinski definition) is 3. The number of amides is 2. The molecule has 0 saturated heterocycles. The summed E-state index contributed by atoms with van der Waals surface area (Å²) in [6, 6.07) is 13.5. The lowest BCUT2D eigenvalue weighted by molar-refractivity contribution is 0.0992. The molecule has 0 saturated carbocycles. The maximum Gasteiger partial charge on any atom is 0.259 e. The predicted octanol–water partition coefficient (Wildman–Crippen LogP) is 3.89. The molecule has 0 atom stereocenters. The molecule has 2 aromatic carbocycles. The van der Waals surface area contributed by atoms with E-state index in [-0.39, 0.29) is 17.0 Å². The van der Waals surface area contributed by atoms with Crippen molar-refractivity contribution in [2.24, 2.45) is 0 Å². The molecule has 0 fully saturated rings. The van der Waals surface area contributed by atoms with Gasteiger partial charge in [-0.05, 0) is 30.3 Å². The zero-order valence-electron chi connectivity index (χ0n) is 14.3. The quantitative estimate of drug-likeness (QED) is 0.761. The topological polar surface area (TPSA) is 62.3 Å².